The number of aliphatic hydroxyl groups is 1. The quantitative estimate of drug-likeness (QED) is 0.568. The van der Waals surface area contributed by atoms with Gasteiger partial charge < -0.3 is 5.11 Å². The molecule has 0 heterocycles. The molecule has 2 rings (SSSR count). The Kier molecular flexibility index (Phi) is 12.8. The minimum Gasteiger partial charge on any atom is -0.400 e. The molecule has 2 aliphatic carbocycles. The Bertz CT molecular complexity index is 187. The molecular formula is C21H34OTi. The molecule has 0 aromatic rings. The molecular weight excluding hydrogens is 316 g/mol. The maximum absolute atomic E-state index is 7.00. The molecule has 0 aromatic carbocycles. The van der Waals surface area contributed by atoms with Crippen LogP contribution >= 0.6 is 0 Å². The summed E-state index contributed by atoms with van der Waals surface area (Å²) in [6.07, 6.45) is 0. The van der Waals surface area contributed by atoms with Crippen molar-refractivity contribution >= 4 is 0 Å². The van der Waals surface area contributed by atoms with Crippen molar-refractivity contribution in [2.75, 3.05) is 7.11 Å². The molecule has 10 radical (unpaired) electrons. The van der Waals surface area contributed by atoms with Crippen molar-refractivity contribution in [3.8, 4) is 0 Å². The molecule has 0 unspecified atom stereocenters. The minimum absolute atomic E-state index is 0. The normalized spacial score (nSPS) is 25.0. The Hall–Kier alpha value is 0.674. The van der Waals surface area contributed by atoms with Gasteiger partial charge in [0.1, 0.15) is 0 Å². The summed E-state index contributed by atoms with van der Waals surface area (Å²) in [5.41, 5.74) is 0. The van der Waals surface area contributed by atoms with Gasteiger partial charge in [0.2, 0.25) is 0 Å². The Morgan fingerprint density at radius 2 is 0.348 bits per heavy atom. The first-order chi connectivity index (χ1) is 10.1. The van der Waals surface area contributed by atoms with E-state index < -0.39 is 0 Å². The fourth-order valence-electron chi connectivity index (χ4n) is 2.81. The minimum atomic E-state index is 0. The maximum Gasteiger partial charge on any atom is 0.0319 e. The summed E-state index contributed by atoms with van der Waals surface area (Å²) in [6, 6.07) is 0. The summed E-state index contributed by atoms with van der Waals surface area (Å²) < 4.78 is 0. The third-order valence-electron chi connectivity index (χ3n) is 5.62. The van der Waals surface area contributed by atoms with Crippen molar-refractivity contribution in [2.45, 2.75) is 69.2 Å². The third-order valence-corrected chi connectivity index (χ3v) is 5.62. The van der Waals surface area contributed by atoms with E-state index in [1.54, 1.807) is 0 Å². The summed E-state index contributed by atoms with van der Waals surface area (Å²) in [5, 5.41) is 7.00. The van der Waals surface area contributed by atoms with Crippen LogP contribution in [0.15, 0.2) is 0 Å². The fourth-order valence-corrected chi connectivity index (χ4v) is 2.81. The second kappa shape index (κ2) is 11.3. The van der Waals surface area contributed by atoms with Gasteiger partial charge in [-0.2, -0.15) is 0 Å². The first-order valence-corrected chi connectivity index (χ1v) is 7.95. The Morgan fingerprint density at radius 1 is 0.304 bits per heavy atom. The summed E-state index contributed by atoms with van der Waals surface area (Å²) in [6.45, 7) is 22.0. The molecule has 0 aliphatic heterocycles. The van der Waals surface area contributed by atoms with Crippen LogP contribution < -0.4 is 0 Å². The second-order valence-electron chi connectivity index (χ2n) is 6.25. The van der Waals surface area contributed by atoms with Gasteiger partial charge in [-0.15, -0.1) is 0 Å². The van der Waals surface area contributed by atoms with Crippen molar-refractivity contribution in [2.24, 2.45) is 0 Å². The number of hydrogen-bond donors (Lipinski definition) is 1. The molecule has 1 N–H and O–H groups in total. The van der Waals surface area contributed by atoms with Crippen molar-refractivity contribution in [1.82, 2.24) is 0 Å². The summed E-state index contributed by atoms with van der Waals surface area (Å²) in [4.78, 5) is 0. The third kappa shape index (κ3) is 5.86. The average molecular weight is 350 g/mol. The number of hydrogen-bond acceptors (Lipinski definition) is 1. The molecule has 2 saturated carbocycles. The van der Waals surface area contributed by atoms with E-state index in [-0.39, 0.29) is 21.7 Å². The van der Waals surface area contributed by atoms with Gasteiger partial charge in [-0.1, -0.05) is 69.2 Å². The van der Waals surface area contributed by atoms with Gasteiger partial charge in [0.15, 0.2) is 0 Å². The van der Waals surface area contributed by atoms with Crippen molar-refractivity contribution in [3.63, 3.8) is 0 Å². The van der Waals surface area contributed by atoms with Gasteiger partial charge >= 0.3 is 0 Å². The molecule has 0 amide bonds. The van der Waals surface area contributed by atoms with E-state index in [4.69, 9.17) is 5.11 Å². The standard InChI is InChI=1S/2C10H15.CH4O.Ti/c2*1-6-7(2)9(4)10(5)8(6)3;1-2;/h2*1-5H3;2H,1H3;. The van der Waals surface area contributed by atoms with Gasteiger partial charge in [0, 0.05) is 28.8 Å². The summed E-state index contributed by atoms with van der Waals surface area (Å²) in [7, 11) is 1.00. The number of aliphatic hydroxyl groups excluding tert-OH is 1. The van der Waals surface area contributed by atoms with Crippen LogP contribution in [0, 0.1) is 59.2 Å². The van der Waals surface area contributed by atoms with Crippen LogP contribution in [-0.4, -0.2) is 12.2 Å². The molecule has 0 bridgehead atoms. The molecule has 0 spiro atoms. The van der Waals surface area contributed by atoms with E-state index in [2.05, 4.69) is 69.2 Å². The fraction of sp³-hybridized carbons (Fsp3) is 0.524. The van der Waals surface area contributed by atoms with Crippen LogP contribution in [0.3, 0.4) is 0 Å². The van der Waals surface area contributed by atoms with Crippen LogP contribution in [-0.2, 0) is 21.7 Å². The van der Waals surface area contributed by atoms with Gasteiger partial charge in [0.25, 0.3) is 0 Å². The van der Waals surface area contributed by atoms with Crippen LogP contribution in [0.4, 0.5) is 0 Å². The number of rotatable bonds is 0. The van der Waals surface area contributed by atoms with Crippen LogP contribution in [0.5, 0.6) is 0 Å². The van der Waals surface area contributed by atoms with E-state index in [0.29, 0.717) is 0 Å². The first-order valence-electron chi connectivity index (χ1n) is 7.95. The molecule has 2 fully saturated rings. The van der Waals surface area contributed by atoms with E-state index in [0.717, 1.165) is 7.11 Å². The molecule has 128 valence electrons. The molecule has 23 heavy (non-hydrogen) atoms. The first kappa shape index (κ1) is 25.9. The largest absolute Gasteiger partial charge is 0.400 e. The summed E-state index contributed by atoms with van der Waals surface area (Å²) in [5.74, 6) is 14.7. The van der Waals surface area contributed by atoms with Crippen LogP contribution in [0.2, 0.25) is 0 Å². The Balaban J connectivity index is 0. The zero-order chi connectivity index (χ0) is 17.8. The second-order valence-corrected chi connectivity index (χ2v) is 6.25. The smallest absolute Gasteiger partial charge is 0.0319 e. The molecule has 0 atom stereocenters. The van der Waals surface area contributed by atoms with Gasteiger partial charge in [-0.25, -0.2) is 0 Å². The van der Waals surface area contributed by atoms with Crippen molar-refractivity contribution in [1.29, 1.82) is 0 Å². The van der Waals surface area contributed by atoms with E-state index in [9.17, 15) is 0 Å². The van der Waals surface area contributed by atoms with Gasteiger partial charge in [0.05, 0.1) is 0 Å². The maximum atomic E-state index is 7.00. The van der Waals surface area contributed by atoms with E-state index >= 15 is 0 Å². The zero-order valence-corrected chi connectivity index (χ0v) is 18.5. The Labute approximate surface area is 162 Å². The average Bonchev–Trinajstić information content (AvgIpc) is 2.81. The van der Waals surface area contributed by atoms with Crippen LogP contribution in [0.25, 0.3) is 0 Å². The monoisotopic (exact) mass is 350 g/mol. The van der Waals surface area contributed by atoms with Crippen molar-refractivity contribution in [3.05, 3.63) is 59.2 Å². The van der Waals surface area contributed by atoms with Crippen LogP contribution in [0.1, 0.15) is 69.2 Å². The van der Waals surface area contributed by atoms with Gasteiger partial charge in [-0.3, -0.25) is 0 Å². The van der Waals surface area contributed by atoms with Crippen molar-refractivity contribution < 1.29 is 26.8 Å². The summed E-state index contributed by atoms with van der Waals surface area (Å²) >= 11 is 0. The molecule has 2 aliphatic rings. The van der Waals surface area contributed by atoms with Gasteiger partial charge in [-0.05, 0) is 59.2 Å². The molecule has 1 nitrogen and oxygen atoms in total. The zero-order valence-electron chi connectivity index (χ0n) is 16.9. The molecule has 0 aromatic heterocycles. The predicted octanol–water partition coefficient (Wildman–Crippen LogP) is 5.55. The van der Waals surface area contributed by atoms with E-state index in [1.807, 2.05) is 0 Å². The predicted molar refractivity (Wildman–Crippen MR) is 97.3 cm³/mol. The molecule has 0 saturated heterocycles. The van der Waals surface area contributed by atoms with E-state index in [1.165, 1.54) is 59.2 Å². The topological polar surface area (TPSA) is 20.2 Å². The Morgan fingerprint density at radius 3 is 0.391 bits per heavy atom. The molecule has 2 heteroatoms. The SMILES string of the molecule is CO.C[C]1[C](C)[C](C)[C](C)[C]1C.C[C]1[C](C)[C](C)[C](C)[C]1C.[Ti].